The second-order valence-corrected chi connectivity index (χ2v) is 12.7. The summed E-state index contributed by atoms with van der Waals surface area (Å²) in [5.74, 6) is 4.40. The van der Waals surface area contributed by atoms with Crippen LogP contribution in [-0.4, -0.2) is 23.9 Å². The van der Waals surface area contributed by atoms with Gasteiger partial charge in [0, 0.05) is 7.11 Å². The van der Waals surface area contributed by atoms with Crippen LogP contribution in [0.4, 0.5) is 0 Å². The van der Waals surface area contributed by atoms with Gasteiger partial charge in [0.05, 0.1) is 11.7 Å². The molecule has 0 saturated heterocycles. The maximum absolute atomic E-state index is 10.2. The van der Waals surface area contributed by atoms with Crippen molar-refractivity contribution in [1.29, 1.82) is 0 Å². The average molecular weight is 417 g/mol. The van der Waals surface area contributed by atoms with Crippen LogP contribution in [0.5, 0.6) is 0 Å². The van der Waals surface area contributed by atoms with Crippen molar-refractivity contribution in [2.24, 2.45) is 40.4 Å². The molecule has 0 heterocycles. The Bertz CT molecular complexity index is 651. The van der Waals surface area contributed by atoms with Gasteiger partial charge < -0.3 is 9.84 Å². The predicted molar refractivity (Wildman–Crippen MR) is 125 cm³/mol. The van der Waals surface area contributed by atoms with E-state index in [4.69, 9.17) is 4.74 Å². The molecule has 0 aromatic heterocycles. The van der Waals surface area contributed by atoms with Crippen molar-refractivity contribution < 1.29 is 9.84 Å². The van der Waals surface area contributed by atoms with Crippen molar-refractivity contribution in [1.82, 2.24) is 0 Å². The highest BCUT2D eigenvalue weighted by molar-refractivity contribution is 5.25. The normalized spacial score (nSPS) is 44.6. The van der Waals surface area contributed by atoms with Crippen LogP contribution < -0.4 is 0 Å². The van der Waals surface area contributed by atoms with Gasteiger partial charge in [-0.25, -0.2) is 0 Å². The van der Waals surface area contributed by atoms with Gasteiger partial charge in [-0.1, -0.05) is 45.3 Å². The second-order valence-electron chi connectivity index (χ2n) is 12.7. The van der Waals surface area contributed by atoms with Gasteiger partial charge in [-0.2, -0.15) is 0 Å². The molecule has 8 atom stereocenters. The highest BCUT2D eigenvalue weighted by Gasteiger charge is 2.59. The van der Waals surface area contributed by atoms with E-state index in [0.29, 0.717) is 10.8 Å². The fourth-order valence-electron chi connectivity index (χ4n) is 8.77. The van der Waals surface area contributed by atoms with E-state index in [1.165, 1.54) is 57.8 Å². The maximum atomic E-state index is 10.2. The number of aliphatic hydroxyl groups excluding tert-OH is 1. The van der Waals surface area contributed by atoms with Gasteiger partial charge in [0.2, 0.25) is 0 Å². The van der Waals surface area contributed by atoms with E-state index in [1.54, 1.807) is 5.57 Å². The molecule has 0 bridgehead atoms. The van der Waals surface area contributed by atoms with E-state index in [1.807, 2.05) is 7.11 Å². The molecule has 0 aromatic rings. The van der Waals surface area contributed by atoms with Crippen molar-refractivity contribution >= 4 is 0 Å². The quantitative estimate of drug-likeness (QED) is 0.466. The van der Waals surface area contributed by atoms with Gasteiger partial charge in [-0.05, 0) is 112 Å². The number of methoxy groups -OCH3 is 1. The lowest BCUT2D eigenvalue weighted by Crippen LogP contribution is -2.50. The molecule has 30 heavy (non-hydrogen) atoms. The zero-order valence-corrected chi connectivity index (χ0v) is 20.7. The van der Waals surface area contributed by atoms with Gasteiger partial charge in [0.15, 0.2) is 0 Å². The van der Waals surface area contributed by atoms with E-state index in [2.05, 4.69) is 40.7 Å². The molecule has 2 heteroatoms. The van der Waals surface area contributed by atoms with Crippen LogP contribution in [0.1, 0.15) is 105 Å². The first-order chi connectivity index (χ1) is 14.1. The summed E-state index contributed by atoms with van der Waals surface area (Å²) in [4.78, 5) is 0. The molecule has 4 rings (SSSR count). The summed E-state index contributed by atoms with van der Waals surface area (Å²) in [6.45, 7) is 12.2. The molecule has 0 radical (unpaired) electrons. The Labute approximate surface area is 186 Å². The van der Waals surface area contributed by atoms with Crippen LogP contribution in [0, 0.1) is 40.4 Å². The summed E-state index contributed by atoms with van der Waals surface area (Å²) in [6.07, 6.45) is 16.5. The summed E-state index contributed by atoms with van der Waals surface area (Å²) in [5.41, 5.74) is 2.55. The molecule has 4 aliphatic rings. The van der Waals surface area contributed by atoms with Crippen LogP contribution in [0.25, 0.3) is 0 Å². The third-order valence-electron chi connectivity index (χ3n) is 10.8. The largest absolute Gasteiger partial charge is 0.393 e. The Hall–Kier alpha value is -0.340. The molecule has 0 amide bonds. The Morgan fingerprint density at radius 2 is 1.90 bits per heavy atom. The first-order valence-corrected chi connectivity index (χ1v) is 13.0. The van der Waals surface area contributed by atoms with Crippen LogP contribution >= 0.6 is 0 Å². The van der Waals surface area contributed by atoms with Crippen LogP contribution in [-0.2, 0) is 4.74 Å². The fourth-order valence-corrected chi connectivity index (χ4v) is 8.77. The Morgan fingerprint density at radius 1 is 1.13 bits per heavy atom. The summed E-state index contributed by atoms with van der Waals surface area (Å²) < 4.78 is 5.65. The highest BCUT2D eigenvalue weighted by atomic mass is 16.5. The lowest BCUT2D eigenvalue weighted by Gasteiger charge is -2.58. The Kier molecular flexibility index (Phi) is 6.26. The fraction of sp³-hybridized carbons (Fsp3) is 0.929. The van der Waals surface area contributed by atoms with Crippen LogP contribution in [0.2, 0.25) is 0 Å². The molecule has 172 valence electrons. The van der Waals surface area contributed by atoms with E-state index in [-0.39, 0.29) is 11.7 Å². The van der Waals surface area contributed by atoms with Gasteiger partial charge in [0.25, 0.3) is 0 Å². The monoisotopic (exact) mass is 416 g/mol. The minimum atomic E-state index is -0.0884. The third-order valence-corrected chi connectivity index (χ3v) is 10.8. The summed E-state index contributed by atoms with van der Waals surface area (Å²) in [7, 11) is 1.85. The molecular formula is C28H48O2. The van der Waals surface area contributed by atoms with Gasteiger partial charge >= 0.3 is 0 Å². The Balaban J connectivity index is 1.45. The highest BCUT2D eigenvalue weighted by Crippen LogP contribution is 2.67. The van der Waals surface area contributed by atoms with E-state index >= 15 is 0 Å². The standard InChI is InChI=1S/C28H48O2/c1-19(8-7-15-26(2,3)30-6)23-11-12-24-22-10-9-20-18-21(29)13-16-27(20,4)25(22)14-17-28(23,24)5/h9,19,21-25,29H,7-8,10-18H2,1-6H3/t19-,21+,22+,23-,24+,25+,27+,28-/m1/s1. The zero-order chi connectivity index (χ0) is 21.7. The van der Waals surface area contributed by atoms with Crippen molar-refractivity contribution in [2.45, 2.75) is 117 Å². The van der Waals surface area contributed by atoms with Gasteiger partial charge in [0.1, 0.15) is 0 Å². The molecule has 0 aromatic carbocycles. The summed E-state index contributed by atoms with van der Waals surface area (Å²) in [5, 5.41) is 10.2. The molecule has 0 spiro atoms. The van der Waals surface area contributed by atoms with Crippen molar-refractivity contribution in [3.8, 4) is 0 Å². The molecule has 0 aliphatic heterocycles. The summed E-state index contributed by atoms with van der Waals surface area (Å²) in [6, 6.07) is 0. The molecule has 3 fully saturated rings. The third kappa shape index (κ3) is 3.83. The number of aliphatic hydroxyl groups is 1. The number of ether oxygens (including phenoxy) is 1. The molecule has 1 N–H and O–H groups in total. The maximum Gasteiger partial charge on any atom is 0.0622 e. The number of allylic oxidation sites excluding steroid dienone is 1. The van der Waals surface area contributed by atoms with Gasteiger partial charge in [-0.3, -0.25) is 0 Å². The first kappa shape index (κ1) is 22.8. The van der Waals surface area contributed by atoms with E-state index in [0.717, 1.165) is 42.4 Å². The molecular weight excluding hydrogens is 368 g/mol. The zero-order valence-electron chi connectivity index (χ0n) is 20.7. The second kappa shape index (κ2) is 8.22. The van der Waals surface area contributed by atoms with Gasteiger partial charge in [-0.15, -0.1) is 0 Å². The smallest absolute Gasteiger partial charge is 0.0622 e. The number of rotatable bonds is 6. The number of hydrogen-bond donors (Lipinski definition) is 1. The molecule has 4 aliphatic carbocycles. The lowest BCUT2D eigenvalue weighted by molar-refractivity contribution is -0.0577. The molecule has 0 unspecified atom stereocenters. The number of hydrogen-bond acceptors (Lipinski definition) is 2. The molecule has 3 saturated carbocycles. The predicted octanol–water partition coefficient (Wildman–Crippen LogP) is 7.16. The van der Waals surface area contributed by atoms with Crippen molar-refractivity contribution in [2.75, 3.05) is 7.11 Å². The topological polar surface area (TPSA) is 29.5 Å². The minimum Gasteiger partial charge on any atom is -0.393 e. The summed E-state index contributed by atoms with van der Waals surface area (Å²) >= 11 is 0. The SMILES string of the molecule is COC(C)(C)CCC[C@@H](C)[C@H]1CC[C@H]2[C@@H]3CC=C4C[C@@H](O)CC[C@]4(C)[C@H]3CC[C@]12C. The van der Waals surface area contributed by atoms with E-state index < -0.39 is 0 Å². The minimum absolute atomic E-state index is 0.0229. The average Bonchev–Trinajstić information content (AvgIpc) is 3.05. The Morgan fingerprint density at radius 3 is 2.63 bits per heavy atom. The lowest BCUT2D eigenvalue weighted by atomic mass is 9.47. The van der Waals surface area contributed by atoms with Crippen LogP contribution in [0.3, 0.4) is 0 Å². The number of fused-ring (bicyclic) bond motifs is 5. The van der Waals surface area contributed by atoms with E-state index in [9.17, 15) is 5.11 Å². The van der Waals surface area contributed by atoms with Crippen molar-refractivity contribution in [3.05, 3.63) is 11.6 Å². The van der Waals surface area contributed by atoms with Crippen molar-refractivity contribution in [3.63, 3.8) is 0 Å². The molecule has 2 nitrogen and oxygen atoms in total. The van der Waals surface area contributed by atoms with Crippen LogP contribution in [0.15, 0.2) is 11.6 Å². The first-order valence-electron chi connectivity index (χ1n) is 13.0.